The van der Waals surface area contributed by atoms with E-state index in [0.717, 1.165) is 12.0 Å². The third-order valence-electron chi connectivity index (χ3n) is 5.38. The number of hydrogen-bond acceptors (Lipinski definition) is 4. The summed E-state index contributed by atoms with van der Waals surface area (Å²) in [5.41, 5.74) is -0.0476. The van der Waals surface area contributed by atoms with Crippen molar-refractivity contribution in [1.29, 1.82) is 0 Å². The summed E-state index contributed by atoms with van der Waals surface area (Å²) < 4.78 is 27.2. The van der Waals surface area contributed by atoms with Crippen molar-refractivity contribution in [2.45, 2.75) is 63.0 Å². The smallest absolute Gasteiger partial charge is 0.211 e. The second kappa shape index (κ2) is 6.87. The Morgan fingerprint density at radius 1 is 1.26 bits per heavy atom. The summed E-state index contributed by atoms with van der Waals surface area (Å²) in [6.07, 6.45) is 10.2. The zero-order chi connectivity index (χ0) is 16.3. The highest BCUT2D eigenvalue weighted by atomic mass is 32.2. The Balaban J connectivity index is 1.50. The van der Waals surface area contributed by atoms with E-state index in [1.807, 2.05) is 12.1 Å². The van der Waals surface area contributed by atoms with Crippen molar-refractivity contribution in [3.05, 3.63) is 30.1 Å². The summed E-state index contributed by atoms with van der Waals surface area (Å²) >= 11 is 0. The van der Waals surface area contributed by atoms with Gasteiger partial charge in [0.05, 0.1) is 11.4 Å². The van der Waals surface area contributed by atoms with Crippen molar-refractivity contribution in [2.24, 2.45) is 5.92 Å². The molecule has 2 saturated carbocycles. The van der Waals surface area contributed by atoms with E-state index >= 15 is 0 Å². The first-order chi connectivity index (χ1) is 11.0. The van der Waals surface area contributed by atoms with Crippen LogP contribution in [0.15, 0.2) is 24.5 Å². The first-order valence-corrected chi connectivity index (χ1v) is 10.2. The third-order valence-corrected chi connectivity index (χ3v) is 6.84. The number of aromatic nitrogens is 1. The lowest BCUT2D eigenvalue weighted by Crippen LogP contribution is -2.43. The Kier molecular flexibility index (Phi) is 5.04. The molecule has 5 nitrogen and oxygen atoms in total. The molecule has 0 unspecified atom stereocenters. The number of aliphatic hydroxyl groups is 1. The van der Waals surface area contributed by atoms with Crippen LogP contribution in [0.3, 0.4) is 0 Å². The van der Waals surface area contributed by atoms with E-state index in [0.29, 0.717) is 31.6 Å². The van der Waals surface area contributed by atoms with Crippen molar-refractivity contribution < 1.29 is 13.5 Å². The van der Waals surface area contributed by atoms with Gasteiger partial charge in [-0.3, -0.25) is 4.98 Å². The molecule has 0 amide bonds. The van der Waals surface area contributed by atoms with Gasteiger partial charge in [-0.1, -0.05) is 25.3 Å². The second-order valence-electron chi connectivity index (χ2n) is 7.07. The maximum atomic E-state index is 12.2. The average Bonchev–Trinajstić information content (AvgIpc) is 2.49. The fourth-order valence-electron chi connectivity index (χ4n) is 3.56. The Morgan fingerprint density at radius 2 is 2.00 bits per heavy atom. The SMILES string of the molecule is O=S(=O)(CCC1CCC1)NC1CCC(O)(c2cccnc2)CC1. The highest BCUT2D eigenvalue weighted by Gasteiger charge is 2.36. The second-order valence-corrected chi connectivity index (χ2v) is 8.94. The molecule has 1 heterocycles. The Labute approximate surface area is 138 Å². The van der Waals surface area contributed by atoms with Gasteiger partial charge in [-0.25, -0.2) is 13.1 Å². The predicted molar refractivity (Wildman–Crippen MR) is 89.3 cm³/mol. The molecule has 1 aromatic heterocycles. The number of hydrogen-bond donors (Lipinski definition) is 2. The van der Waals surface area contributed by atoms with Gasteiger partial charge in [0.1, 0.15) is 0 Å². The molecule has 2 fully saturated rings. The minimum absolute atomic E-state index is 0.0571. The molecule has 3 rings (SSSR count). The number of nitrogens with zero attached hydrogens (tertiary/aromatic N) is 1. The normalized spacial score (nSPS) is 29.2. The van der Waals surface area contributed by atoms with Gasteiger partial charge in [0.25, 0.3) is 0 Å². The first-order valence-electron chi connectivity index (χ1n) is 8.60. The van der Waals surface area contributed by atoms with E-state index in [1.54, 1.807) is 12.4 Å². The van der Waals surface area contributed by atoms with Crippen LogP contribution in [0.1, 0.15) is 56.9 Å². The lowest BCUT2D eigenvalue weighted by Gasteiger charge is -2.36. The number of nitrogens with one attached hydrogen (secondary N) is 1. The van der Waals surface area contributed by atoms with Crippen molar-refractivity contribution in [3.8, 4) is 0 Å². The average molecular weight is 338 g/mol. The topological polar surface area (TPSA) is 79.3 Å². The van der Waals surface area contributed by atoms with Crippen LogP contribution in [0.4, 0.5) is 0 Å². The summed E-state index contributed by atoms with van der Waals surface area (Å²) in [5.74, 6) is 0.842. The molecule has 0 saturated heterocycles. The maximum Gasteiger partial charge on any atom is 0.211 e. The van der Waals surface area contributed by atoms with Gasteiger partial charge < -0.3 is 5.11 Å². The van der Waals surface area contributed by atoms with Crippen molar-refractivity contribution in [1.82, 2.24) is 9.71 Å². The van der Waals surface area contributed by atoms with E-state index in [9.17, 15) is 13.5 Å². The lowest BCUT2D eigenvalue weighted by molar-refractivity contribution is -0.00666. The largest absolute Gasteiger partial charge is 0.385 e. The lowest BCUT2D eigenvalue weighted by atomic mass is 9.78. The molecule has 0 spiro atoms. The van der Waals surface area contributed by atoms with Crippen molar-refractivity contribution >= 4 is 10.0 Å². The minimum Gasteiger partial charge on any atom is -0.385 e. The third kappa shape index (κ3) is 4.31. The molecule has 23 heavy (non-hydrogen) atoms. The first kappa shape index (κ1) is 16.9. The zero-order valence-corrected chi connectivity index (χ0v) is 14.3. The van der Waals surface area contributed by atoms with E-state index in [1.165, 1.54) is 19.3 Å². The van der Waals surface area contributed by atoms with Crippen LogP contribution >= 0.6 is 0 Å². The zero-order valence-electron chi connectivity index (χ0n) is 13.4. The van der Waals surface area contributed by atoms with Gasteiger partial charge in [0.2, 0.25) is 10.0 Å². The van der Waals surface area contributed by atoms with Gasteiger partial charge in [-0.05, 0) is 44.1 Å². The molecule has 0 atom stereocenters. The number of pyridine rings is 1. The molecule has 0 aliphatic heterocycles. The summed E-state index contributed by atoms with van der Waals surface area (Å²) in [7, 11) is -3.20. The van der Waals surface area contributed by atoms with E-state index in [-0.39, 0.29) is 11.8 Å². The molecular formula is C17H26N2O3S. The van der Waals surface area contributed by atoms with E-state index in [4.69, 9.17) is 0 Å². The Bertz CT molecular complexity index is 606. The monoisotopic (exact) mass is 338 g/mol. The molecule has 1 aromatic rings. The van der Waals surface area contributed by atoms with Crippen LogP contribution in [-0.2, 0) is 15.6 Å². The molecule has 0 radical (unpaired) electrons. The van der Waals surface area contributed by atoms with Crippen LogP contribution in [-0.4, -0.2) is 30.3 Å². The number of sulfonamides is 1. The number of rotatable bonds is 6. The molecule has 128 valence electrons. The van der Waals surface area contributed by atoms with Gasteiger partial charge >= 0.3 is 0 Å². The highest BCUT2D eigenvalue weighted by molar-refractivity contribution is 7.89. The molecule has 2 aliphatic rings. The summed E-state index contributed by atoms with van der Waals surface area (Å²) in [4.78, 5) is 4.07. The Morgan fingerprint density at radius 3 is 2.57 bits per heavy atom. The molecule has 2 aliphatic carbocycles. The predicted octanol–water partition coefficient (Wildman–Crippen LogP) is 2.32. The van der Waals surface area contributed by atoms with Crippen LogP contribution in [0, 0.1) is 5.92 Å². The molecule has 0 bridgehead atoms. The van der Waals surface area contributed by atoms with Gasteiger partial charge in [-0.15, -0.1) is 0 Å². The van der Waals surface area contributed by atoms with E-state index in [2.05, 4.69) is 9.71 Å². The highest BCUT2D eigenvalue weighted by Crippen LogP contribution is 2.37. The maximum absolute atomic E-state index is 12.2. The van der Waals surface area contributed by atoms with Crippen LogP contribution in [0.5, 0.6) is 0 Å². The quantitative estimate of drug-likeness (QED) is 0.834. The minimum atomic E-state index is -3.20. The molecule has 2 N–H and O–H groups in total. The fourth-order valence-corrected chi connectivity index (χ4v) is 5.06. The van der Waals surface area contributed by atoms with Gasteiger partial charge in [0.15, 0.2) is 0 Å². The molecular weight excluding hydrogens is 312 g/mol. The van der Waals surface area contributed by atoms with E-state index < -0.39 is 15.6 Å². The van der Waals surface area contributed by atoms with Crippen molar-refractivity contribution in [3.63, 3.8) is 0 Å². The molecule has 6 heteroatoms. The standard InChI is InChI=1S/C17H26N2O3S/c20-17(15-5-2-11-18-13-15)9-6-16(7-10-17)19-23(21,22)12-8-14-3-1-4-14/h2,5,11,13-14,16,19-20H,1,3-4,6-10,12H2. The van der Waals surface area contributed by atoms with Gasteiger partial charge in [0, 0.05) is 24.0 Å². The summed E-state index contributed by atoms with van der Waals surface area (Å²) in [6.45, 7) is 0. The van der Waals surface area contributed by atoms with Crippen LogP contribution < -0.4 is 4.72 Å². The summed E-state index contributed by atoms with van der Waals surface area (Å²) in [6, 6.07) is 3.65. The van der Waals surface area contributed by atoms with Crippen LogP contribution in [0.2, 0.25) is 0 Å². The summed E-state index contributed by atoms with van der Waals surface area (Å²) in [5, 5.41) is 10.8. The van der Waals surface area contributed by atoms with Crippen molar-refractivity contribution in [2.75, 3.05) is 5.75 Å². The van der Waals surface area contributed by atoms with Crippen LogP contribution in [0.25, 0.3) is 0 Å². The fraction of sp³-hybridized carbons (Fsp3) is 0.706. The Hall–Kier alpha value is -0.980. The molecule has 0 aromatic carbocycles. The van der Waals surface area contributed by atoms with Gasteiger partial charge in [-0.2, -0.15) is 0 Å².